The van der Waals surface area contributed by atoms with E-state index in [0.29, 0.717) is 6.42 Å². The number of aliphatic hydroxyl groups is 4. The number of aliphatic hydroxyl groups excluding tert-OH is 4. The number of cyclic esters (lactones) is 1. The van der Waals surface area contributed by atoms with Crippen LogP contribution >= 0.6 is 0 Å². The van der Waals surface area contributed by atoms with Gasteiger partial charge in [0.2, 0.25) is 12.6 Å². The number of hydrogen-bond acceptors (Lipinski definition) is 11. The largest absolute Gasteiger partial charge is 0.471 e. The summed E-state index contributed by atoms with van der Waals surface area (Å²) in [6.07, 6.45) is -6.11. The van der Waals surface area contributed by atoms with Gasteiger partial charge >= 0.3 is 11.9 Å². The number of hydrogen-bond donors (Lipinski definition) is 4. The molecule has 32 heavy (non-hydrogen) atoms. The van der Waals surface area contributed by atoms with E-state index in [1.807, 2.05) is 6.92 Å². The molecule has 3 heterocycles. The second-order valence-electron chi connectivity index (χ2n) is 8.15. The Hall–Kier alpha value is -2.02. The first-order valence-corrected chi connectivity index (χ1v) is 10.6. The van der Waals surface area contributed by atoms with Crippen molar-refractivity contribution in [2.45, 2.75) is 70.0 Å². The van der Waals surface area contributed by atoms with Crippen LogP contribution in [0.25, 0.3) is 0 Å². The molecule has 0 aromatic rings. The Balaban J connectivity index is 1.74. The van der Waals surface area contributed by atoms with E-state index in [9.17, 15) is 30.0 Å². The SMILES string of the molecule is C=CC1C(OC2OC(CO)C(O)C(O)C2O)OC=C2C(=O)OC(OC(=O)C(C)CC)CC21. The Morgan fingerprint density at radius 3 is 2.62 bits per heavy atom. The van der Waals surface area contributed by atoms with Gasteiger partial charge in [-0.1, -0.05) is 19.9 Å². The van der Waals surface area contributed by atoms with Gasteiger partial charge in [0.1, 0.15) is 24.4 Å². The first kappa shape index (κ1) is 24.6. The highest BCUT2D eigenvalue weighted by atomic mass is 16.8. The van der Waals surface area contributed by atoms with Crippen LogP contribution in [0.3, 0.4) is 0 Å². The van der Waals surface area contributed by atoms with E-state index in [0.717, 1.165) is 0 Å². The summed E-state index contributed by atoms with van der Waals surface area (Å²) in [7, 11) is 0. The Bertz CT molecular complexity index is 735. The van der Waals surface area contributed by atoms with E-state index in [-0.39, 0.29) is 17.9 Å². The van der Waals surface area contributed by atoms with Gasteiger partial charge in [0.25, 0.3) is 0 Å². The fourth-order valence-corrected chi connectivity index (χ4v) is 3.84. The molecule has 2 fully saturated rings. The van der Waals surface area contributed by atoms with Crippen LogP contribution in [0.2, 0.25) is 0 Å². The molecule has 180 valence electrons. The third-order valence-corrected chi connectivity index (χ3v) is 6.08. The average Bonchev–Trinajstić information content (AvgIpc) is 2.78. The summed E-state index contributed by atoms with van der Waals surface area (Å²) in [5, 5.41) is 39.5. The maximum Gasteiger partial charge on any atom is 0.340 e. The topological polar surface area (TPSA) is 161 Å². The van der Waals surface area contributed by atoms with E-state index < -0.39 is 73.7 Å². The first-order chi connectivity index (χ1) is 15.2. The number of rotatable bonds is 7. The van der Waals surface area contributed by atoms with Crippen molar-refractivity contribution < 1.29 is 53.7 Å². The third kappa shape index (κ3) is 4.82. The Morgan fingerprint density at radius 1 is 1.28 bits per heavy atom. The zero-order chi connectivity index (χ0) is 23.6. The smallest absolute Gasteiger partial charge is 0.340 e. The van der Waals surface area contributed by atoms with Crippen molar-refractivity contribution >= 4 is 11.9 Å². The Labute approximate surface area is 185 Å². The molecule has 10 atom stereocenters. The van der Waals surface area contributed by atoms with Crippen molar-refractivity contribution in [3.63, 3.8) is 0 Å². The molecule has 0 saturated carbocycles. The fraction of sp³-hybridized carbons (Fsp3) is 0.714. The lowest BCUT2D eigenvalue weighted by Gasteiger charge is -2.44. The summed E-state index contributed by atoms with van der Waals surface area (Å²) in [6.45, 7) is 6.71. The molecule has 0 aromatic heterocycles. The van der Waals surface area contributed by atoms with Gasteiger partial charge < -0.3 is 44.1 Å². The van der Waals surface area contributed by atoms with Crippen LogP contribution in [0, 0.1) is 17.8 Å². The molecule has 3 rings (SSSR count). The van der Waals surface area contributed by atoms with Crippen molar-refractivity contribution in [1.29, 1.82) is 0 Å². The molecule has 10 unspecified atom stereocenters. The summed E-state index contributed by atoms with van der Waals surface area (Å²) < 4.78 is 27.1. The molecule has 3 aliphatic rings. The Kier molecular flexibility index (Phi) is 7.91. The molecule has 11 nitrogen and oxygen atoms in total. The predicted molar refractivity (Wildman–Crippen MR) is 105 cm³/mol. The molecule has 0 aliphatic carbocycles. The lowest BCUT2D eigenvalue weighted by Crippen LogP contribution is -2.60. The highest BCUT2D eigenvalue weighted by Gasteiger charge is 2.49. The van der Waals surface area contributed by atoms with Crippen molar-refractivity contribution in [2.24, 2.45) is 17.8 Å². The normalized spacial score (nSPS) is 40.2. The number of fused-ring (bicyclic) bond motifs is 1. The number of carbonyl (C=O) groups is 2. The van der Waals surface area contributed by atoms with Gasteiger partial charge in [-0.25, -0.2) is 4.79 Å². The maximum atomic E-state index is 12.4. The number of carbonyl (C=O) groups excluding carboxylic acids is 2. The minimum atomic E-state index is -1.62. The number of ether oxygens (including phenoxy) is 5. The first-order valence-electron chi connectivity index (χ1n) is 10.6. The van der Waals surface area contributed by atoms with Crippen molar-refractivity contribution in [3.05, 3.63) is 24.5 Å². The third-order valence-electron chi connectivity index (χ3n) is 6.08. The van der Waals surface area contributed by atoms with Crippen molar-refractivity contribution in [2.75, 3.05) is 6.61 Å². The highest BCUT2D eigenvalue weighted by molar-refractivity contribution is 5.90. The zero-order valence-electron chi connectivity index (χ0n) is 17.9. The van der Waals surface area contributed by atoms with Crippen LogP contribution < -0.4 is 0 Å². The molecule has 2 saturated heterocycles. The second-order valence-corrected chi connectivity index (χ2v) is 8.15. The van der Waals surface area contributed by atoms with Crippen molar-refractivity contribution in [1.82, 2.24) is 0 Å². The standard InChI is InChI=1S/C21H30O11/c1-4-9(3)18(26)30-14-6-11-10(5-2)20(28-8-12(11)19(27)31-14)32-21-17(25)16(24)15(23)13(7-22)29-21/h5,8-11,13-17,20-25H,2,4,6-7H2,1,3H3. The van der Waals surface area contributed by atoms with E-state index in [1.54, 1.807) is 6.92 Å². The molecule has 0 amide bonds. The highest BCUT2D eigenvalue weighted by Crippen LogP contribution is 2.40. The van der Waals surface area contributed by atoms with Gasteiger partial charge in [0, 0.05) is 18.3 Å². The summed E-state index contributed by atoms with van der Waals surface area (Å²) in [5.41, 5.74) is 0.222. The summed E-state index contributed by atoms with van der Waals surface area (Å²) in [5.74, 6) is -2.67. The van der Waals surface area contributed by atoms with Gasteiger partial charge in [0.15, 0.2) is 6.29 Å². The van der Waals surface area contributed by atoms with Gasteiger partial charge in [-0.15, -0.1) is 6.58 Å². The van der Waals surface area contributed by atoms with E-state index in [4.69, 9.17) is 23.7 Å². The predicted octanol–water partition coefficient (Wildman–Crippen LogP) is -0.676. The van der Waals surface area contributed by atoms with Crippen LogP contribution in [0.5, 0.6) is 0 Å². The second kappa shape index (κ2) is 10.3. The molecular weight excluding hydrogens is 428 g/mol. The molecule has 0 radical (unpaired) electrons. The fourth-order valence-electron chi connectivity index (χ4n) is 3.84. The molecule has 0 aromatic carbocycles. The van der Waals surface area contributed by atoms with E-state index >= 15 is 0 Å². The number of esters is 2. The van der Waals surface area contributed by atoms with Gasteiger partial charge in [0.05, 0.1) is 24.4 Å². The minimum Gasteiger partial charge on any atom is -0.471 e. The van der Waals surface area contributed by atoms with Crippen LogP contribution in [-0.4, -0.2) is 82.3 Å². The quantitative estimate of drug-likeness (QED) is 0.283. The van der Waals surface area contributed by atoms with Crippen LogP contribution in [0.4, 0.5) is 0 Å². The summed E-state index contributed by atoms with van der Waals surface area (Å²) in [4.78, 5) is 24.6. The monoisotopic (exact) mass is 458 g/mol. The molecule has 0 spiro atoms. The average molecular weight is 458 g/mol. The molecular formula is C21H30O11. The van der Waals surface area contributed by atoms with Crippen LogP contribution in [0.1, 0.15) is 26.7 Å². The lowest BCUT2D eigenvalue weighted by atomic mass is 9.80. The van der Waals surface area contributed by atoms with Gasteiger partial charge in [-0.2, -0.15) is 0 Å². The van der Waals surface area contributed by atoms with Crippen LogP contribution in [-0.2, 0) is 33.3 Å². The van der Waals surface area contributed by atoms with E-state index in [1.165, 1.54) is 12.3 Å². The summed E-state index contributed by atoms with van der Waals surface area (Å²) >= 11 is 0. The molecule has 4 N–H and O–H groups in total. The molecule has 3 aliphatic heterocycles. The lowest BCUT2D eigenvalue weighted by molar-refractivity contribution is -0.340. The molecule has 11 heteroatoms. The Morgan fingerprint density at radius 2 is 2.00 bits per heavy atom. The minimum absolute atomic E-state index is 0.147. The van der Waals surface area contributed by atoms with Gasteiger partial charge in [-0.3, -0.25) is 4.79 Å². The van der Waals surface area contributed by atoms with Crippen molar-refractivity contribution in [3.8, 4) is 0 Å². The van der Waals surface area contributed by atoms with E-state index in [2.05, 4.69) is 6.58 Å². The maximum absolute atomic E-state index is 12.4. The summed E-state index contributed by atoms with van der Waals surface area (Å²) in [6, 6.07) is 0. The van der Waals surface area contributed by atoms with Gasteiger partial charge in [-0.05, 0) is 6.42 Å². The zero-order valence-corrected chi connectivity index (χ0v) is 17.9. The molecule has 0 bridgehead atoms. The van der Waals surface area contributed by atoms with Crippen LogP contribution in [0.15, 0.2) is 24.5 Å².